The Kier molecular flexibility index (Phi) is 3.46. The van der Waals surface area contributed by atoms with Crippen molar-refractivity contribution in [3.63, 3.8) is 0 Å². The predicted molar refractivity (Wildman–Crippen MR) is 69.0 cm³/mol. The molecule has 0 unspecified atom stereocenters. The molecule has 0 atom stereocenters. The van der Waals surface area contributed by atoms with E-state index in [4.69, 9.17) is 5.26 Å². The Labute approximate surface area is 105 Å². The summed E-state index contributed by atoms with van der Waals surface area (Å²) >= 11 is 1.60. The first-order valence-corrected chi connectivity index (χ1v) is 6.13. The lowest BCUT2D eigenvalue weighted by molar-refractivity contribution is 1.10. The number of hydrogen-bond acceptors (Lipinski definition) is 3. The second-order valence-electron chi connectivity index (χ2n) is 3.84. The van der Waals surface area contributed by atoms with Crippen LogP contribution < -0.4 is 0 Å². The standard InChI is InChI=1S/C14H12N2S/c1-10-6-7-11(2)13(8-10)17-14-5-3-4-12(9-15)16-14/h3-8H,1-2H3. The summed E-state index contributed by atoms with van der Waals surface area (Å²) < 4.78 is 0. The van der Waals surface area contributed by atoms with Gasteiger partial charge in [-0.25, -0.2) is 4.98 Å². The lowest BCUT2D eigenvalue weighted by atomic mass is 10.2. The van der Waals surface area contributed by atoms with E-state index in [1.54, 1.807) is 17.8 Å². The number of benzene rings is 1. The maximum absolute atomic E-state index is 8.81. The monoisotopic (exact) mass is 240 g/mol. The molecule has 2 aromatic rings. The molecule has 0 radical (unpaired) electrons. The molecule has 0 spiro atoms. The van der Waals surface area contributed by atoms with Crippen LogP contribution >= 0.6 is 11.8 Å². The summed E-state index contributed by atoms with van der Waals surface area (Å²) in [6.07, 6.45) is 0. The van der Waals surface area contributed by atoms with Crippen LogP contribution in [0, 0.1) is 25.2 Å². The third-order valence-corrected chi connectivity index (χ3v) is 3.49. The number of pyridine rings is 1. The van der Waals surface area contributed by atoms with Crippen molar-refractivity contribution in [1.29, 1.82) is 5.26 Å². The third kappa shape index (κ3) is 2.86. The van der Waals surface area contributed by atoms with Gasteiger partial charge in [0.1, 0.15) is 16.8 Å². The third-order valence-electron chi connectivity index (χ3n) is 2.40. The molecular weight excluding hydrogens is 228 g/mol. The highest BCUT2D eigenvalue weighted by Gasteiger charge is 2.03. The van der Waals surface area contributed by atoms with Crippen molar-refractivity contribution in [1.82, 2.24) is 4.98 Å². The molecule has 0 bridgehead atoms. The normalized spacial score (nSPS) is 9.94. The fourth-order valence-electron chi connectivity index (χ4n) is 1.46. The summed E-state index contributed by atoms with van der Waals surface area (Å²) in [5, 5.41) is 9.66. The van der Waals surface area contributed by atoms with Crippen molar-refractivity contribution in [2.24, 2.45) is 0 Å². The average Bonchev–Trinajstić information content (AvgIpc) is 2.34. The molecule has 0 aliphatic carbocycles. The summed E-state index contributed by atoms with van der Waals surface area (Å²) in [6, 6.07) is 13.9. The van der Waals surface area contributed by atoms with Gasteiger partial charge in [0.15, 0.2) is 0 Å². The summed E-state index contributed by atoms with van der Waals surface area (Å²) in [6.45, 7) is 4.15. The minimum Gasteiger partial charge on any atom is -0.230 e. The highest BCUT2D eigenvalue weighted by Crippen LogP contribution is 2.29. The Morgan fingerprint density at radius 2 is 2.00 bits per heavy atom. The van der Waals surface area contributed by atoms with E-state index in [0.29, 0.717) is 5.69 Å². The van der Waals surface area contributed by atoms with Crippen LogP contribution in [0.5, 0.6) is 0 Å². The summed E-state index contributed by atoms with van der Waals surface area (Å²) in [5.74, 6) is 0. The van der Waals surface area contributed by atoms with E-state index in [2.05, 4.69) is 43.1 Å². The van der Waals surface area contributed by atoms with Gasteiger partial charge in [-0.1, -0.05) is 30.0 Å². The summed E-state index contributed by atoms with van der Waals surface area (Å²) in [4.78, 5) is 5.45. The van der Waals surface area contributed by atoms with Crippen molar-refractivity contribution in [2.75, 3.05) is 0 Å². The van der Waals surface area contributed by atoms with Crippen molar-refractivity contribution in [3.05, 3.63) is 53.2 Å². The van der Waals surface area contributed by atoms with Gasteiger partial charge in [-0.3, -0.25) is 0 Å². The molecule has 0 saturated carbocycles. The molecule has 0 N–H and O–H groups in total. The van der Waals surface area contributed by atoms with E-state index in [1.165, 1.54) is 16.0 Å². The van der Waals surface area contributed by atoms with E-state index in [9.17, 15) is 0 Å². The number of aromatic nitrogens is 1. The number of rotatable bonds is 2. The fourth-order valence-corrected chi connectivity index (χ4v) is 2.45. The predicted octanol–water partition coefficient (Wildman–Crippen LogP) is 3.72. The van der Waals surface area contributed by atoms with Crippen LogP contribution in [0.25, 0.3) is 0 Å². The molecule has 0 saturated heterocycles. The highest BCUT2D eigenvalue weighted by atomic mass is 32.2. The molecule has 3 heteroatoms. The Bertz CT molecular complexity index is 585. The lowest BCUT2D eigenvalue weighted by Crippen LogP contribution is -1.86. The number of hydrogen-bond donors (Lipinski definition) is 0. The van der Waals surface area contributed by atoms with Crippen molar-refractivity contribution < 1.29 is 0 Å². The molecule has 1 aromatic heterocycles. The quantitative estimate of drug-likeness (QED) is 0.802. The lowest BCUT2D eigenvalue weighted by Gasteiger charge is -2.06. The molecule has 0 fully saturated rings. The topological polar surface area (TPSA) is 36.7 Å². The van der Waals surface area contributed by atoms with Gasteiger partial charge in [0.05, 0.1) is 0 Å². The number of aryl methyl sites for hydroxylation is 2. The van der Waals surface area contributed by atoms with Crippen LogP contribution in [-0.4, -0.2) is 4.98 Å². The number of nitriles is 1. The summed E-state index contributed by atoms with van der Waals surface area (Å²) in [7, 11) is 0. The minimum absolute atomic E-state index is 0.459. The fraction of sp³-hybridized carbons (Fsp3) is 0.143. The second kappa shape index (κ2) is 5.03. The Morgan fingerprint density at radius 3 is 2.76 bits per heavy atom. The Hall–Kier alpha value is -1.79. The zero-order valence-electron chi connectivity index (χ0n) is 9.77. The smallest absolute Gasteiger partial charge is 0.141 e. The Morgan fingerprint density at radius 1 is 1.18 bits per heavy atom. The van der Waals surface area contributed by atoms with Gasteiger partial charge >= 0.3 is 0 Å². The van der Waals surface area contributed by atoms with Gasteiger partial charge < -0.3 is 0 Å². The molecule has 0 aliphatic heterocycles. The van der Waals surface area contributed by atoms with Crippen LogP contribution in [0.3, 0.4) is 0 Å². The van der Waals surface area contributed by atoms with E-state index < -0.39 is 0 Å². The van der Waals surface area contributed by atoms with Crippen LogP contribution in [0.1, 0.15) is 16.8 Å². The molecule has 0 aliphatic rings. The van der Waals surface area contributed by atoms with Gasteiger partial charge in [0.25, 0.3) is 0 Å². The van der Waals surface area contributed by atoms with E-state index in [1.807, 2.05) is 12.1 Å². The molecule has 2 rings (SSSR count). The van der Waals surface area contributed by atoms with Crippen LogP contribution in [0.4, 0.5) is 0 Å². The maximum atomic E-state index is 8.81. The minimum atomic E-state index is 0.459. The van der Waals surface area contributed by atoms with Gasteiger partial charge in [-0.2, -0.15) is 5.26 Å². The van der Waals surface area contributed by atoms with Gasteiger partial charge in [-0.05, 0) is 43.2 Å². The van der Waals surface area contributed by atoms with Crippen molar-refractivity contribution in [2.45, 2.75) is 23.8 Å². The maximum Gasteiger partial charge on any atom is 0.141 e. The van der Waals surface area contributed by atoms with Gasteiger partial charge in [-0.15, -0.1) is 0 Å². The first kappa shape index (κ1) is 11.7. The highest BCUT2D eigenvalue weighted by molar-refractivity contribution is 7.99. The second-order valence-corrected chi connectivity index (χ2v) is 4.91. The number of nitrogens with zero attached hydrogens (tertiary/aromatic N) is 2. The molecule has 0 amide bonds. The van der Waals surface area contributed by atoms with E-state index >= 15 is 0 Å². The van der Waals surface area contributed by atoms with Crippen LogP contribution in [-0.2, 0) is 0 Å². The summed E-state index contributed by atoms with van der Waals surface area (Å²) in [5.41, 5.74) is 2.92. The van der Waals surface area contributed by atoms with Gasteiger partial charge in [0.2, 0.25) is 0 Å². The molecule has 2 nitrogen and oxygen atoms in total. The van der Waals surface area contributed by atoms with Crippen molar-refractivity contribution >= 4 is 11.8 Å². The van der Waals surface area contributed by atoms with E-state index in [-0.39, 0.29) is 0 Å². The first-order chi connectivity index (χ1) is 8.19. The van der Waals surface area contributed by atoms with E-state index in [0.717, 1.165) is 5.03 Å². The average molecular weight is 240 g/mol. The van der Waals surface area contributed by atoms with Crippen LogP contribution in [0.15, 0.2) is 46.3 Å². The first-order valence-electron chi connectivity index (χ1n) is 5.31. The van der Waals surface area contributed by atoms with Crippen molar-refractivity contribution in [3.8, 4) is 6.07 Å². The molecule has 84 valence electrons. The molecule has 1 heterocycles. The molecular formula is C14H12N2S. The molecule has 1 aromatic carbocycles. The molecule has 17 heavy (non-hydrogen) atoms. The Balaban J connectivity index is 2.31. The van der Waals surface area contributed by atoms with Crippen LogP contribution in [0.2, 0.25) is 0 Å². The SMILES string of the molecule is Cc1ccc(C)c(Sc2cccc(C#N)n2)c1. The van der Waals surface area contributed by atoms with Gasteiger partial charge in [0, 0.05) is 4.90 Å². The zero-order valence-corrected chi connectivity index (χ0v) is 10.6. The zero-order chi connectivity index (χ0) is 12.3. The largest absolute Gasteiger partial charge is 0.230 e.